The van der Waals surface area contributed by atoms with Gasteiger partial charge in [-0.05, 0) is 86.0 Å². The van der Waals surface area contributed by atoms with Gasteiger partial charge < -0.3 is 4.90 Å². The smallest absolute Gasteiger partial charge is 0.0624 e. The Kier molecular flexibility index (Phi) is 6.58. The van der Waals surface area contributed by atoms with Crippen LogP contribution in [0.15, 0.2) is 164 Å². The molecule has 0 bridgehead atoms. The first-order valence-electron chi connectivity index (χ1n) is 17.4. The quantitative estimate of drug-likeness (QED) is 0.183. The van der Waals surface area contributed by atoms with Crippen LogP contribution < -0.4 is 4.90 Å². The molecule has 2 aliphatic carbocycles. The van der Waals surface area contributed by atoms with Crippen LogP contribution in [0.3, 0.4) is 0 Å². The average molecular weight is 630 g/mol. The van der Waals surface area contributed by atoms with Gasteiger partial charge in [-0.15, -0.1) is 0 Å². The molecule has 1 nitrogen and oxygen atoms in total. The predicted molar refractivity (Wildman–Crippen MR) is 207 cm³/mol. The van der Waals surface area contributed by atoms with E-state index in [4.69, 9.17) is 0 Å². The van der Waals surface area contributed by atoms with Crippen LogP contribution in [0.1, 0.15) is 49.9 Å². The summed E-state index contributed by atoms with van der Waals surface area (Å²) in [4.78, 5) is 2.53. The summed E-state index contributed by atoms with van der Waals surface area (Å²) in [6.07, 6.45) is 0. The van der Waals surface area contributed by atoms with E-state index < -0.39 is 0 Å². The highest BCUT2D eigenvalue weighted by Gasteiger charge is 2.45. The Labute approximate surface area is 290 Å². The number of rotatable bonds is 5. The molecule has 0 heterocycles. The number of hydrogen-bond donors (Lipinski definition) is 0. The van der Waals surface area contributed by atoms with Gasteiger partial charge in [-0.25, -0.2) is 0 Å². The van der Waals surface area contributed by atoms with E-state index in [2.05, 4.69) is 196 Å². The first kappa shape index (κ1) is 29.5. The van der Waals surface area contributed by atoms with Gasteiger partial charge in [0.25, 0.3) is 0 Å². The fraction of sp³-hybridized carbons (Fsp3) is 0.125. The van der Waals surface area contributed by atoms with Gasteiger partial charge in [0.15, 0.2) is 0 Å². The molecule has 0 N–H and O–H groups in total. The molecule has 0 amide bonds. The molecule has 1 heteroatoms. The van der Waals surface area contributed by atoms with Crippen molar-refractivity contribution in [2.75, 3.05) is 4.90 Å². The van der Waals surface area contributed by atoms with Gasteiger partial charge in [0.2, 0.25) is 0 Å². The van der Waals surface area contributed by atoms with Crippen molar-refractivity contribution in [2.24, 2.45) is 0 Å². The maximum Gasteiger partial charge on any atom is 0.0624 e. The summed E-state index contributed by atoms with van der Waals surface area (Å²) >= 11 is 0. The molecule has 7 aromatic rings. The highest BCUT2D eigenvalue weighted by molar-refractivity contribution is 6.06. The molecule has 0 fully saturated rings. The van der Waals surface area contributed by atoms with Gasteiger partial charge in [-0.2, -0.15) is 0 Å². The average Bonchev–Trinajstić information content (AvgIpc) is 3.52. The standard InChI is InChI=1S/C48H39N/c1-47(2)40-23-15-14-22-38(40)44-42(47)31-43-45(39-30-35(33-18-10-6-11-19-33)26-29-41(39)48(43,3)4)46(44)49(36-20-12-7-13-21-36)37-27-24-34(25-28-37)32-16-8-5-9-17-32/h5-31H,1-4H3. The minimum absolute atomic E-state index is 0.144. The van der Waals surface area contributed by atoms with Crippen molar-refractivity contribution in [1.82, 2.24) is 0 Å². The Bertz CT molecular complexity index is 2350. The molecule has 0 atom stereocenters. The van der Waals surface area contributed by atoms with Crippen molar-refractivity contribution in [3.05, 3.63) is 186 Å². The van der Waals surface area contributed by atoms with Crippen molar-refractivity contribution in [2.45, 2.75) is 38.5 Å². The second kappa shape index (κ2) is 10.9. The van der Waals surface area contributed by atoms with Crippen LogP contribution in [-0.4, -0.2) is 0 Å². The molecule has 0 unspecified atom stereocenters. The highest BCUT2D eigenvalue weighted by atomic mass is 15.1. The normalized spacial score (nSPS) is 14.4. The number of hydrogen-bond acceptors (Lipinski definition) is 1. The summed E-state index contributed by atoms with van der Waals surface area (Å²) in [5.41, 5.74) is 19.0. The highest BCUT2D eigenvalue weighted by Crippen LogP contribution is 2.62. The maximum atomic E-state index is 2.55. The van der Waals surface area contributed by atoms with Crippen LogP contribution >= 0.6 is 0 Å². The zero-order valence-electron chi connectivity index (χ0n) is 28.5. The van der Waals surface area contributed by atoms with E-state index in [0.717, 1.165) is 11.4 Å². The summed E-state index contributed by atoms with van der Waals surface area (Å²) in [6.45, 7) is 9.62. The van der Waals surface area contributed by atoms with E-state index in [0.29, 0.717) is 0 Å². The number of nitrogens with zero attached hydrogens (tertiary/aromatic N) is 1. The molecule has 0 aromatic heterocycles. The molecule has 7 aromatic carbocycles. The summed E-state index contributed by atoms with van der Waals surface area (Å²) in [7, 11) is 0. The first-order chi connectivity index (χ1) is 23.8. The number of fused-ring (bicyclic) bond motifs is 6. The summed E-state index contributed by atoms with van der Waals surface area (Å²) in [5, 5.41) is 0. The van der Waals surface area contributed by atoms with Crippen LogP contribution in [-0.2, 0) is 10.8 Å². The molecule has 49 heavy (non-hydrogen) atoms. The van der Waals surface area contributed by atoms with E-state index in [1.165, 1.54) is 72.4 Å². The van der Waals surface area contributed by atoms with E-state index in [1.807, 2.05) is 0 Å². The Morgan fingerprint density at radius 2 is 0.796 bits per heavy atom. The van der Waals surface area contributed by atoms with Crippen molar-refractivity contribution in [3.8, 4) is 44.5 Å². The van der Waals surface area contributed by atoms with Gasteiger partial charge in [0, 0.05) is 33.3 Å². The van der Waals surface area contributed by atoms with E-state index in [9.17, 15) is 0 Å². The topological polar surface area (TPSA) is 3.24 Å². The largest absolute Gasteiger partial charge is 0.309 e. The van der Waals surface area contributed by atoms with E-state index >= 15 is 0 Å². The van der Waals surface area contributed by atoms with Crippen LogP contribution in [0, 0.1) is 0 Å². The molecule has 2 aliphatic rings. The molecule has 0 saturated carbocycles. The second-order valence-corrected chi connectivity index (χ2v) is 14.6. The number of anilines is 3. The van der Waals surface area contributed by atoms with Crippen molar-refractivity contribution < 1.29 is 0 Å². The minimum Gasteiger partial charge on any atom is -0.309 e. The minimum atomic E-state index is -0.173. The monoisotopic (exact) mass is 629 g/mol. The third-order valence-electron chi connectivity index (χ3n) is 11.1. The molecule has 0 radical (unpaired) electrons. The van der Waals surface area contributed by atoms with Gasteiger partial charge in [-0.3, -0.25) is 0 Å². The summed E-state index contributed by atoms with van der Waals surface area (Å²) in [5.74, 6) is 0. The Morgan fingerprint density at radius 3 is 1.43 bits per heavy atom. The first-order valence-corrected chi connectivity index (χ1v) is 17.4. The Morgan fingerprint density at radius 1 is 0.347 bits per heavy atom. The molecule has 0 aliphatic heterocycles. The van der Waals surface area contributed by atoms with Crippen molar-refractivity contribution in [1.29, 1.82) is 0 Å². The second-order valence-electron chi connectivity index (χ2n) is 14.6. The molecule has 0 spiro atoms. The van der Waals surface area contributed by atoms with Gasteiger partial charge in [0.05, 0.1) is 5.69 Å². The molecular formula is C48H39N. The van der Waals surface area contributed by atoms with Crippen LogP contribution in [0.25, 0.3) is 44.5 Å². The molecule has 236 valence electrons. The lowest BCUT2D eigenvalue weighted by molar-refractivity contribution is 0.639. The molecule has 9 rings (SSSR count). The van der Waals surface area contributed by atoms with Crippen LogP contribution in [0.2, 0.25) is 0 Å². The maximum absolute atomic E-state index is 2.55. The fourth-order valence-corrected chi connectivity index (χ4v) is 8.48. The lowest BCUT2D eigenvalue weighted by Crippen LogP contribution is -2.20. The summed E-state index contributed by atoms with van der Waals surface area (Å²) < 4.78 is 0. The van der Waals surface area contributed by atoms with Gasteiger partial charge in [0.1, 0.15) is 0 Å². The SMILES string of the molecule is CC1(C)c2ccccc2-c2c1cc1c(c2N(c2ccccc2)c2ccc(-c3ccccc3)cc2)-c2cc(-c3ccccc3)ccc2C1(C)C. The van der Waals surface area contributed by atoms with E-state index in [1.54, 1.807) is 0 Å². The fourth-order valence-electron chi connectivity index (χ4n) is 8.48. The predicted octanol–water partition coefficient (Wildman–Crippen LogP) is 13.1. The Hall–Kier alpha value is -5.66. The lowest BCUT2D eigenvalue weighted by Gasteiger charge is -2.33. The zero-order chi connectivity index (χ0) is 33.3. The zero-order valence-corrected chi connectivity index (χ0v) is 28.5. The lowest BCUT2D eigenvalue weighted by atomic mass is 9.77. The van der Waals surface area contributed by atoms with E-state index in [-0.39, 0.29) is 10.8 Å². The van der Waals surface area contributed by atoms with Gasteiger partial charge in [-0.1, -0.05) is 161 Å². The third kappa shape index (κ3) is 4.46. The van der Waals surface area contributed by atoms with Crippen LogP contribution in [0.4, 0.5) is 17.1 Å². The molecular weight excluding hydrogens is 591 g/mol. The third-order valence-corrected chi connectivity index (χ3v) is 11.1. The van der Waals surface area contributed by atoms with Crippen molar-refractivity contribution >= 4 is 17.1 Å². The number of benzene rings is 7. The van der Waals surface area contributed by atoms with Crippen LogP contribution in [0.5, 0.6) is 0 Å². The summed E-state index contributed by atoms with van der Waals surface area (Å²) in [6, 6.07) is 60.3. The Balaban J connectivity index is 1.39. The number of para-hydroxylation sites is 1. The van der Waals surface area contributed by atoms with Gasteiger partial charge >= 0.3 is 0 Å². The molecule has 0 saturated heterocycles. The van der Waals surface area contributed by atoms with Crippen molar-refractivity contribution in [3.63, 3.8) is 0 Å².